The van der Waals surface area contributed by atoms with Crippen LogP contribution in [0, 0.1) is 0 Å². The van der Waals surface area contributed by atoms with Crippen LogP contribution in [0.15, 0.2) is 59.3 Å². The van der Waals surface area contributed by atoms with Gasteiger partial charge in [0.05, 0.1) is 12.0 Å². The molecule has 2 aromatic heterocycles. The largest absolute Gasteiger partial charge is 0.465 e. The molecule has 0 radical (unpaired) electrons. The van der Waals surface area contributed by atoms with Crippen LogP contribution in [0.3, 0.4) is 0 Å². The third kappa shape index (κ3) is 3.40. The van der Waals surface area contributed by atoms with Crippen LogP contribution in [0.1, 0.15) is 21.8 Å². The van der Waals surface area contributed by atoms with E-state index >= 15 is 0 Å². The van der Waals surface area contributed by atoms with E-state index in [-0.39, 0.29) is 5.91 Å². The van der Waals surface area contributed by atoms with Crippen LogP contribution in [0.2, 0.25) is 0 Å². The van der Waals surface area contributed by atoms with Crippen LogP contribution in [0.4, 0.5) is 5.69 Å². The zero-order valence-corrected chi connectivity index (χ0v) is 13.0. The normalized spacial score (nSPS) is 11.0. The lowest BCUT2D eigenvalue weighted by atomic mass is 10.2. The molecule has 23 heavy (non-hydrogen) atoms. The zero-order valence-electron chi connectivity index (χ0n) is 13.0. The molecule has 2 heterocycles. The summed E-state index contributed by atoms with van der Waals surface area (Å²) in [5.41, 5.74) is 2.26. The zero-order chi connectivity index (χ0) is 16.2. The minimum Gasteiger partial charge on any atom is -0.465 e. The van der Waals surface area contributed by atoms with Crippen LogP contribution in [-0.2, 0) is 0 Å². The van der Waals surface area contributed by atoms with Crippen molar-refractivity contribution in [2.75, 3.05) is 19.0 Å². The molecule has 5 heteroatoms. The Labute approximate surface area is 134 Å². The lowest BCUT2D eigenvalue weighted by Gasteiger charge is -2.13. The molecule has 0 amide bonds. The van der Waals surface area contributed by atoms with Crippen molar-refractivity contribution in [3.05, 3.63) is 71.9 Å². The van der Waals surface area contributed by atoms with Crippen molar-refractivity contribution in [1.29, 1.82) is 0 Å². The Kier molecular flexibility index (Phi) is 4.10. The molecule has 0 saturated heterocycles. The average molecular weight is 307 g/mol. The first-order valence-electron chi connectivity index (χ1n) is 7.23. The summed E-state index contributed by atoms with van der Waals surface area (Å²) < 4.78 is 6.57. The van der Waals surface area contributed by atoms with Gasteiger partial charge in [0, 0.05) is 31.5 Å². The predicted molar refractivity (Wildman–Crippen MR) is 90.4 cm³/mol. The Hall–Kier alpha value is -3.08. The summed E-state index contributed by atoms with van der Waals surface area (Å²) in [7, 11) is 3.88. The Morgan fingerprint density at radius 1 is 1.17 bits per heavy atom. The van der Waals surface area contributed by atoms with E-state index in [1.807, 2.05) is 55.4 Å². The molecule has 0 bridgehead atoms. The molecule has 0 N–H and O–H groups in total. The topological polar surface area (TPSA) is 51.3 Å². The molecule has 0 aliphatic carbocycles. The summed E-state index contributed by atoms with van der Waals surface area (Å²) in [4.78, 5) is 14.5. The SMILES string of the molecule is CN(C)c1cccc(C(=O)n2ccc(/C=C/c3ccco3)n2)c1. The van der Waals surface area contributed by atoms with Gasteiger partial charge >= 0.3 is 0 Å². The highest BCUT2D eigenvalue weighted by Crippen LogP contribution is 2.15. The maximum Gasteiger partial charge on any atom is 0.278 e. The van der Waals surface area contributed by atoms with Gasteiger partial charge in [-0.25, -0.2) is 4.68 Å². The molecule has 116 valence electrons. The second-order valence-corrected chi connectivity index (χ2v) is 5.28. The fourth-order valence-corrected chi connectivity index (χ4v) is 2.14. The van der Waals surface area contributed by atoms with E-state index in [0.717, 1.165) is 11.4 Å². The van der Waals surface area contributed by atoms with Crippen molar-refractivity contribution < 1.29 is 9.21 Å². The molecule has 3 aromatic rings. The quantitative estimate of drug-likeness (QED) is 0.741. The molecule has 0 unspecified atom stereocenters. The molecule has 0 saturated carbocycles. The molecular formula is C18H17N3O2. The molecule has 0 aliphatic heterocycles. The van der Waals surface area contributed by atoms with Gasteiger partial charge in [0.1, 0.15) is 5.76 Å². The maximum atomic E-state index is 12.5. The monoisotopic (exact) mass is 307 g/mol. The van der Waals surface area contributed by atoms with E-state index in [2.05, 4.69) is 5.10 Å². The number of aromatic nitrogens is 2. The Morgan fingerprint density at radius 3 is 2.78 bits per heavy atom. The van der Waals surface area contributed by atoms with Gasteiger partial charge in [-0.3, -0.25) is 4.79 Å². The number of hydrogen-bond donors (Lipinski definition) is 0. The summed E-state index contributed by atoms with van der Waals surface area (Å²) >= 11 is 0. The molecule has 0 aliphatic rings. The van der Waals surface area contributed by atoms with E-state index in [4.69, 9.17) is 4.42 Å². The first-order valence-corrected chi connectivity index (χ1v) is 7.23. The molecule has 0 fully saturated rings. The van der Waals surface area contributed by atoms with Gasteiger partial charge in [0.2, 0.25) is 0 Å². The van der Waals surface area contributed by atoms with Crippen LogP contribution in [0.5, 0.6) is 0 Å². The predicted octanol–water partition coefficient (Wildman–Crippen LogP) is 3.40. The van der Waals surface area contributed by atoms with Crippen LogP contribution < -0.4 is 4.90 Å². The third-order valence-electron chi connectivity index (χ3n) is 3.39. The number of furan rings is 1. The van der Waals surface area contributed by atoms with E-state index in [1.165, 1.54) is 4.68 Å². The Morgan fingerprint density at radius 2 is 2.04 bits per heavy atom. The summed E-state index contributed by atoms with van der Waals surface area (Å²) in [5.74, 6) is 0.580. The van der Waals surface area contributed by atoms with Gasteiger partial charge in [-0.15, -0.1) is 0 Å². The summed E-state index contributed by atoms with van der Waals surface area (Å²) in [6.45, 7) is 0. The van der Waals surface area contributed by atoms with Crippen LogP contribution >= 0.6 is 0 Å². The molecule has 0 spiro atoms. The van der Waals surface area contributed by atoms with Gasteiger partial charge in [-0.05, 0) is 48.6 Å². The van der Waals surface area contributed by atoms with Crippen molar-refractivity contribution in [2.45, 2.75) is 0 Å². The van der Waals surface area contributed by atoms with Crippen molar-refractivity contribution in [1.82, 2.24) is 9.78 Å². The molecule has 0 atom stereocenters. The minimum absolute atomic E-state index is 0.161. The van der Waals surface area contributed by atoms with Crippen LogP contribution in [-0.4, -0.2) is 29.8 Å². The number of nitrogens with zero attached hydrogens (tertiary/aromatic N) is 3. The van der Waals surface area contributed by atoms with Crippen molar-refractivity contribution >= 4 is 23.7 Å². The minimum atomic E-state index is -0.161. The second-order valence-electron chi connectivity index (χ2n) is 5.28. The first kappa shape index (κ1) is 14.8. The number of rotatable bonds is 4. The van der Waals surface area contributed by atoms with E-state index in [1.54, 1.807) is 30.7 Å². The number of carbonyl (C=O) groups excluding carboxylic acids is 1. The number of benzene rings is 1. The number of carbonyl (C=O) groups is 1. The fraction of sp³-hybridized carbons (Fsp3) is 0.111. The smallest absolute Gasteiger partial charge is 0.278 e. The first-order chi connectivity index (χ1) is 11.1. The Bertz CT molecular complexity index is 830. The lowest BCUT2D eigenvalue weighted by molar-refractivity contribution is 0.0945. The van der Waals surface area contributed by atoms with Gasteiger partial charge in [0.15, 0.2) is 0 Å². The van der Waals surface area contributed by atoms with Crippen LogP contribution in [0.25, 0.3) is 12.2 Å². The van der Waals surface area contributed by atoms with Gasteiger partial charge in [-0.1, -0.05) is 6.07 Å². The highest BCUT2D eigenvalue weighted by atomic mass is 16.3. The molecular weight excluding hydrogens is 290 g/mol. The molecule has 3 rings (SSSR count). The highest BCUT2D eigenvalue weighted by molar-refractivity contribution is 5.96. The highest BCUT2D eigenvalue weighted by Gasteiger charge is 2.10. The number of anilines is 1. The lowest BCUT2D eigenvalue weighted by Crippen LogP contribution is -2.14. The Balaban J connectivity index is 1.80. The van der Waals surface area contributed by atoms with Crippen molar-refractivity contribution in [3.63, 3.8) is 0 Å². The second kappa shape index (κ2) is 6.36. The summed E-state index contributed by atoms with van der Waals surface area (Å²) in [6.07, 6.45) is 6.88. The summed E-state index contributed by atoms with van der Waals surface area (Å²) in [5, 5.41) is 4.29. The van der Waals surface area contributed by atoms with E-state index in [9.17, 15) is 4.79 Å². The molecule has 1 aromatic carbocycles. The number of hydrogen-bond acceptors (Lipinski definition) is 4. The van der Waals surface area contributed by atoms with Crippen molar-refractivity contribution in [3.8, 4) is 0 Å². The standard InChI is InChI=1S/C18H17N3O2/c1-20(2)16-6-3-5-14(13-16)18(22)21-11-10-15(19-21)8-9-17-7-4-12-23-17/h3-13H,1-2H3/b9-8+. The maximum absolute atomic E-state index is 12.5. The fourth-order valence-electron chi connectivity index (χ4n) is 2.14. The summed E-state index contributed by atoms with van der Waals surface area (Å²) in [6, 6.07) is 12.9. The van der Waals surface area contributed by atoms with Crippen molar-refractivity contribution in [2.24, 2.45) is 0 Å². The van der Waals surface area contributed by atoms with Gasteiger partial charge in [-0.2, -0.15) is 5.10 Å². The average Bonchev–Trinajstić information content (AvgIpc) is 3.24. The third-order valence-corrected chi connectivity index (χ3v) is 3.39. The van der Waals surface area contributed by atoms with E-state index in [0.29, 0.717) is 11.3 Å². The van der Waals surface area contributed by atoms with Gasteiger partial charge < -0.3 is 9.32 Å². The molecule has 5 nitrogen and oxygen atoms in total. The van der Waals surface area contributed by atoms with Gasteiger partial charge in [0.25, 0.3) is 5.91 Å². The van der Waals surface area contributed by atoms with E-state index < -0.39 is 0 Å².